The number of carbonyl (C=O) groups excluding carboxylic acids is 4. The summed E-state index contributed by atoms with van der Waals surface area (Å²) in [6, 6.07) is 1.32. The van der Waals surface area contributed by atoms with Crippen molar-refractivity contribution in [1.82, 2.24) is 15.5 Å². The lowest BCUT2D eigenvalue weighted by molar-refractivity contribution is -0.137. The largest absolute Gasteiger partial charge is 0.351 e. The number of rotatable bonds is 4. The molecule has 0 bridgehead atoms. The summed E-state index contributed by atoms with van der Waals surface area (Å²) >= 11 is 1.35. The Bertz CT molecular complexity index is 697. The lowest BCUT2D eigenvalue weighted by Gasteiger charge is -2.29. The van der Waals surface area contributed by atoms with Gasteiger partial charge < -0.3 is 10.2 Å². The van der Waals surface area contributed by atoms with E-state index in [4.69, 9.17) is 0 Å². The highest BCUT2D eigenvalue weighted by Crippen LogP contribution is 2.33. The fourth-order valence-electron chi connectivity index (χ4n) is 2.80. The average Bonchev–Trinajstić information content (AvgIpc) is 3.05. The van der Waals surface area contributed by atoms with Crippen LogP contribution in [0.1, 0.15) is 46.3 Å². The molecule has 0 saturated carbocycles. The van der Waals surface area contributed by atoms with Gasteiger partial charge in [-0.25, -0.2) is 0 Å². The molecule has 2 aliphatic heterocycles. The van der Waals surface area contributed by atoms with Crippen molar-refractivity contribution in [2.24, 2.45) is 0 Å². The summed E-state index contributed by atoms with van der Waals surface area (Å²) in [7, 11) is 0. The van der Waals surface area contributed by atoms with Gasteiger partial charge in [-0.3, -0.25) is 24.5 Å². The van der Waals surface area contributed by atoms with E-state index in [0.29, 0.717) is 30.8 Å². The second-order valence-corrected chi connectivity index (χ2v) is 6.73. The molecule has 23 heavy (non-hydrogen) atoms. The fourth-order valence-corrected chi connectivity index (χ4v) is 3.87. The van der Waals surface area contributed by atoms with Crippen LogP contribution in [-0.4, -0.2) is 34.6 Å². The second-order valence-electron chi connectivity index (χ2n) is 5.60. The van der Waals surface area contributed by atoms with Gasteiger partial charge in [0.25, 0.3) is 5.91 Å². The third-order valence-electron chi connectivity index (χ3n) is 4.02. The first-order chi connectivity index (χ1) is 11.0. The molecule has 1 saturated heterocycles. The van der Waals surface area contributed by atoms with Crippen LogP contribution in [0.3, 0.4) is 0 Å². The third kappa shape index (κ3) is 2.98. The van der Waals surface area contributed by atoms with Crippen LogP contribution in [0.4, 0.5) is 0 Å². The number of thiophene rings is 1. The number of carbonyl (C=O) groups is 4. The molecule has 0 radical (unpaired) electrons. The van der Waals surface area contributed by atoms with Crippen molar-refractivity contribution >= 4 is 35.0 Å². The molecular weight excluding hydrogens is 318 g/mol. The number of fused-ring (bicyclic) bond motifs is 1. The van der Waals surface area contributed by atoms with Gasteiger partial charge in [0.2, 0.25) is 17.7 Å². The molecule has 8 heteroatoms. The van der Waals surface area contributed by atoms with Gasteiger partial charge in [0.05, 0.1) is 11.4 Å². The molecule has 1 unspecified atom stereocenters. The fraction of sp³-hybridized carbons (Fsp3) is 0.467. The van der Waals surface area contributed by atoms with E-state index in [1.165, 1.54) is 16.2 Å². The predicted molar refractivity (Wildman–Crippen MR) is 82.5 cm³/mol. The zero-order valence-corrected chi connectivity index (χ0v) is 13.5. The van der Waals surface area contributed by atoms with Crippen molar-refractivity contribution in [2.45, 2.75) is 45.3 Å². The van der Waals surface area contributed by atoms with Gasteiger partial charge in [-0.15, -0.1) is 11.3 Å². The average molecular weight is 335 g/mol. The zero-order valence-electron chi connectivity index (χ0n) is 12.7. The number of piperidine rings is 1. The summed E-state index contributed by atoms with van der Waals surface area (Å²) in [5, 5.41) is 5.06. The molecule has 1 aromatic rings. The van der Waals surface area contributed by atoms with E-state index < -0.39 is 11.9 Å². The van der Waals surface area contributed by atoms with Crippen LogP contribution in [0.15, 0.2) is 6.07 Å². The topological polar surface area (TPSA) is 95.6 Å². The first-order valence-electron chi connectivity index (χ1n) is 7.52. The number of nitrogens with one attached hydrogen (secondary N) is 2. The van der Waals surface area contributed by atoms with Gasteiger partial charge in [-0.05, 0) is 18.1 Å². The third-order valence-corrected chi connectivity index (χ3v) is 5.19. The highest BCUT2D eigenvalue weighted by Gasteiger charge is 2.40. The first kappa shape index (κ1) is 15.7. The van der Waals surface area contributed by atoms with Gasteiger partial charge in [-0.2, -0.15) is 0 Å². The molecule has 7 nitrogen and oxygen atoms in total. The molecule has 0 aliphatic carbocycles. The second kappa shape index (κ2) is 6.11. The molecule has 0 spiro atoms. The molecule has 4 amide bonds. The van der Waals surface area contributed by atoms with Crippen molar-refractivity contribution in [3.8, 4) is 0 Å². The zero-order chi connectivity index (χ0) is 16.6. The minimum atomic E-state index is -0.581. The van der Waals surface area contributed by atoms with E-state index in [2.05, 4.69) is 10.6 Å². The normalized spacial score (nSPS) is 20.5. The molecule has 3 heterocycles. The summed E-state index contributed by atoms with van der Waals surface area (Å²) in [6.07, 6.45) is 1.04. The smallest absolute Gasteiger partial charge is 0.265 e. The van der Waals surface area contributed by atoms with Gasteiger partial charge in [0, 0.05) is 24.3 Å². The van der Waals surface area contributed by atoms with Crippen molar-refractivity contribution in [2.75, 3.05) is 0 Å². The van der Waals surface area contributed by atoms with Crippen molar-refractivity contribution in [3.63, 3.8) is 0 Å². The van der Waals surface area contributed by atoms with Crippen LogP contribution < -0.4 is 10.6 Å². The Hall–Kier alpha value is -2.22. The van der Waals surface area contributed by atoms with E-state index in [0.717, 1.165) is 10.4 Å². The molecule has 1 fully saturated rings. The molecule has 3 rings (SSSR count). The SMILES string of the molecule is CCC(=O)NCc1cc2c(s1)C(=O)N(C1CCC(=O)NC1=O)C2. The lowest BCUT2D eigenvalue weighted by Crippen LogP contribution is -2.52. The number of hydrogen-bond donors (Lipinski definition) is 2. The van der Waals surface area contributed by atoms with E-state index in [9.17, 15) is 19.2 Å². The summed E-state index contributed by atoms with van der Waals surface area (Å²) in [6.45, 7) is 2.57. The molecule has 2 N–H and O–H groups in total. The van der Waals surface area contributed by atoms with Crippen LogP contribution in [0.5, 0.6) is 0 Å². The Morgan fingerprint density at radius 3 is 2.87 bits per heavy atom. The highest BCUT2D eigenvalue weighted by atomic mass is 32.1. The van der Waals surface area contributed by atoms with E-state index in [1.807, 2.05) is 6.07 Å². The van der Waals surface area contributed by atoms with E-state index >= 15 is 0 Å². The summed E-state index contributed by atoms with van der Waals surface area (Å²) < 4.78 is 0. The van der Waals surface area contributed by atoms with Gasteiger partial charge >= 0.3 is 0 Å². The maximum absolute atomic E-state index is 12.5. The maximum Gasteiger partial charge on any atom is 0.265 e. The Balaban J connectivity index is 1.69. The van der Waals surface area contributed by atoms with Gasteiger partial charge in [0.1, 0.15) is 6.04 Å². The molecular formula is C15H17N3O4S. The van der Waals surface area contributed by atoms with Crippen molar-refractivity contribution in [1.29, 1.82) is 0 Å². The minimum absolute atomic E-state index is 0.0324. The number of nitrogens with zero attached hydrogens (tertiary/aromatic N) is 1. The number of hydrogen-bond acceptors (Lipinski definition) is 5. The van der Waals surface area contributed by atoms with Crippen LogP contribution in [0.25, 0.3) is 0 Å². The Labute approximate surface area is 137 Å². The first-order valence-corrected chi connectivity index (χ1v) is 8.34. The van der Waals surface area contributed by atoms with E-state index in [1.54, 1.807) is 6.92 Å². The highest BCUT2D eigenvalue weighted by molar-refractivity contribution is 7.14. The standard InChI is InChI=1S/C15H17N3O4S/c1-2-11(19)16-6-9-5-8-7-18(15(22)13(8)23-9)10-3-4-12(20)17-14(10)21/h5,10H,2-4,6-7H2,1H3,(H,16,19)(H,17,20,21). The summed E-state index contributed by atoms with van der Waals surface area (Å²) in [5.41, 5.74) is 0.880. The lowest BCUT2D eigenvalue weighted by atomic mass is 10.0. The minimum Gasteiger partial charge on any atom is -0.351 e. The Morgan fingerprint density at radius 1 is 1.43 bits per heavy atom. The number of amides is 4. The van der Waals surface area contributed by atoms with Crippen LogP contribution in [0.2, 0.25) is 0 Å². The predicted octanol–water partition coefficient (Wildman–Crippen LogP) is 0.535. The molecule has 1 atom stereocenters. The van der Waals surface area contributed by atoms with Crippen LogP contribution in [0, 0.1) is 0 Å². The quantitative estimate of drug-likeness (QED) is 0.785. The Morgan fingerprint density at radius 2 is 2.22 bits per heavy atom. The van der Waals surface area contributed by atoms with E-state index in [-0.39, 0.29) is 24.1 Å². The van der Waals surface area contributed by atoms with Crippen LogP contribution in [-0.2, 0) is 27.5 Å². The van der Waals surface area contributed by atoms with Gasteiger partial charge in [-0.1, -0.05) is 6.92 Å². The maximum atomic E-state index is 12.5. The van der Waals surface area contributed by atoms with Gasteiger partial charge in [0.15, 0.2) is 0 Å². The van der Waals surface area contributed by atoms with Crippen molar-refractivity contribution in [3.05, 3.63) is 21.4 Å². The molecule has 2 aliphatic rings. The summed E-state index contributed by atoms with van der Waals surface area (Å²) in [4.78, 5) is 50.0. The molecule has 1 aromatic heterocycles. The Kier molecular flexibility index (Phi) is 4.16. The number of imide groups is 1. The van der Waals surface area contributed by atoms with Crippen LogP contribution >= 0.6 is 11.3 Å². The van der Waals surface area contributed by atoms with Crippen molar-refractivity contribution < 1.29 is 19.2 Å². The molecule has 0 aromatic carbocycles. The molecule has 122 valence electrons. The monoisotopic (exact) mass is 335 g/mol. The summed E-state index contributed by atoms with van der Waals surface area (Å²) in [5.74, 6) is -0.899.